The van der Waals surface area contributed by atoms with Crippen molar-refractivity contribution in [1.82, 2.24) is 0 Å². The van der Waals surface area contributed by atoms with Crippen molar-refractivity contribution in [3.63, 3.8) is 0 Å². The van der Waals surface area contributed by atoms with Gasteiger partial charge in [0, 0.05) is 11.3 Å². The fourth-order valence-electron chi connectivity index (χ4n) is 1.13. The van der Waals surface area contributed by atoms with E-state index in [-0.39, 0.29) is 6.42 Å². The predicted molar refractivity (Wildman–Crippen MR) is 38.8 cm³/mol. The highest BCUT2D eigenvalue weighted by Gasteiger charge is 2.46. The molecule has 0 aromatic carbocycles. The third-order valence-corrected chi connectivity index (χ3v) is 1.77. The summed E-state index contributed by atoms with van der Waals surface area (Å²) in [5, 5.41) is 21.3. The van der Waals surface area contributed by atoms with Crippen LogP contribution in [0, 0.1) is 6.92 Å². The predicted octanol–water partition coefficient (Wildman–Crippen LogP) is -0.154. The molecule has 0 spiro atoms. The zero-order chi connectivity index (χ0) is 9.19. The summed E-state index contributed by atoms with van der Waals surface area (Å²) < 4.78 is 4.91. The van der Waals surface area contributed by atoms with Gasteiger partial charge in [-0.15, -0.1) is 0 Å². The molecular weight excluding hydrogens is 162 g/mol. The Hall–Kier alpha value is -0.810. The first-order valence-corrected chi connectivity index (χ1v) is 3.43. The van der Waals surface area contributed by atoms with Crippen molar-refractivity contribution < 1.29 is 14.9 Å². The smallest absolute Gasteiger partial charge is 0.195 e. The lowest BCUT2D eigenvalue weighted by Crippen LogP contribution is -2.40. The fraction of sp³-hybridized carbons (Fsp3) is 0.833. The number of hydrogen-bond donors (Lipinski definition) is 2. The Morgan fingerprint density at radius 3 is 2.83 bits per heavy atom. The summed E-state index contributed by atoms with van der Waals surface area (Å²) >= 11 is 0. The molecule has 2 radical (unpaired) electrons. The molecule has 0 aromatic heterocycles. The number of rotatable bonds is 2. The quantitative estimate of drug-likeness (QED) is 0.343. The van der Waals surface area contributed by atoms with Crippen LogP contribution in [0.3, 0.4) is 0 Å². The summed E-state index contributed by atoms with van der Waals surface area (Å²) in [4.78, 5) is 2.47. The highest BCUT2D eigenvalue weighted by molar-refractivity contribution is 4.95. The summed E-state index contributed by atoms with van der Waals surface area (Å²) in [5.41, 5.74) is 6.55. The van der Waals surface area contributed by atoms with Crippen LogP contribution in [0.4, 0.5) is 0 Å². The van der Waals surface area contributed by atoms with Crippen LogP contribution in [0.2, 0.25) is 0 Å². The van der Waals surface area contributed by atoms with Gasteiger partial charge in [-0.3, -0.25) is 0 Å². The molecule has 0 bridgehead atoms. The molecule has 6 heteroatoms. The van der Waals surface area contributed by atoms with Gasteiger partial charge in [-0.05, 0) is 12.5 Å². The maximum Gasteiger partial charge on any atom is 0.195 e. The standard InChI is InChI=1S/C6H9N3O3/c1-4-2-5(11)6(3-10,12-4)8-9-7/h1,4-5,10-11H,2-3H2/t4-,5+,6+/m0/s1. The molecule has 0 aliphatic carbocycles. The molecular formula is C6H9N3O3. The number of nitrogens with zero attached hydrogens (tertiary/aromatic N) is 3. The first-order chi connectivity index (χ1) is 5.64. The Labute approximate surface area is 69.4 Å². The largest absolute Gasteiger partial charge is 0.393 e. The van der Waals surface area contributed by atoms with E-state index in [4.69, 9.17) is 22.3 Å². The summed E-state index contributed by atoms with van der Waals surface area (Å²) in [6.45, 7) is 4.75. The van der Waals surface area contributed by atoms with Gasteiger partial charge in [-0.1, -0.05) is 5.11 Å². The van der Waals surface area contributed by atoms with Gasteiger partial charge >= 0.3 is 0 Å². The van der Waals surface area contributed by atoms with E-state index in [9.17, 15) is 5.11 Å². The van der Waals surface area contributed by atoms with E-state index < -0.39 is 24.5 Å². The molecule has 6 nitrogen and oxygen atoms in total. The Kier molecular flexibility index (Phi) is 2.54. The van der Waals surface area contributed by atoms with E-state index in [0.29, 0.717) is 0 Å². The molecule has 0 amide bonds. The average Bonchev–Trinajstić information content (AvgIpc) is 2.28. The number of hydrogen-bond acceptors (Lipinski definition) is 4. The second-order valence-corrected chi connectivity index (χ2v) is 2.60. The topological polar surface area (TPSA) is 98.5 Å². The highest BCUT2D eigenvalue weighted by Crippen LogP contribution is 2.31. The third kappa shape index (κ3) is 1.37. The first-order valence-electron chi connectivity index (χ1n) is 3.43. The van der Waals surface area contributed by atoms with Crippen molar-refractivity contribution in [2.24, 2.45) is 5.11 Å². The summed E-state index contributed by atoms with van der Waals surface area (Å²) in [6.07, 6.45) is -1.59. The van der Waals surface area contributed by atoms with Crippen LogP contribution in [0.5, 0.6) is 0 Å². The van der Waals surface area contributed by atoms with E-state index in [2.05, 4.69) is 10.0 Å². The van der Waals surface area contributed by atoms with E-state index in [0.717, 1.165) is 0 Å². The van der Waals surface area contributed by atoms with Gasteiger partial charge in [-0.2, -0.15) is 0 Å². The average molecular weight is 171 g/mol. The fourth-order valence-corrected chi connectivity index (χ4v) is 1.13. The van der Waals surface area contributed by atoms with Gasteiger partial charge in [0.1, 0.15) is 0 Å². The van der Waals surface area contributed by atoms with Crippen LogP contribution >= 0.6 is 0 Å². The third-order valence-electron chi connectivity index (χ3n) is 1.77. The molecule has 0 unspecified atom stereocenters. The zero-order valence-electron chi connectivity index (χ0n) is 6.29. The minimum absolute atomic E-state index is 0.152. The SMILES string of the molecule is [CH][C@H]1C[C@@H](O)[C@](CO)(N=[N+]=[N-])O1. The molecule has 1 saturated heterocycles. The maximum atomic E-state index is 9.31. The second kappa shape index (κ2) is 3.28. The molecule has 1 heterocycles. The lowest BCUT2D eigenvalue weighted by Gasteiger charge is -2.23. The van der Waals surface area contributed by atoms with Crippen molar-refractivity contribution >= 4 is 0 Å². The van der Waals surface area contributed by atoms with Crippen LogP contribution in [-0.4, -0.2) is 34.8 Å². The molecule has 0 aromatic rings. The molecule has 1 rings (SSSR count). The van der Waals surface area contributed by atoms with Gasteiger partial charge in [0.05, 0.1) is 18.8 Å². The molecule has 2 N–H and O–H groups in total. The van der Waals surface area contributed by atoms with Crippen molar-refractivity contribution in [2.45, 2.75) is 24.4 Å². The Bertz CT molecular complexity index is 216. The van der Waals surface area contributed by atoms with Crippen LogP contribution in [0.25, 0.3) is 10.4 Å². The van der Waals surface area contributed by atoms with Crippen LogP contribution < -0.4 is 0 Å². The zero-order valence-corrected chi connectivity index (χ0v) is 6.29. The number of azide groups is 1. The molecule has 1 fully saturated rings. The molecule has 1 aliphatic heterocycles. The van der Waals surface area contributed by atoms with Crippen LogP contribution in [-0.2, 0) is 4.74 Å². The normalized spacial score (nSPS) is 40.9. The maximum absolute atomic E-state index is 9.31. The summed E-state index contributed by atoms with van der Waals surface area (Å²) in [7, 11) is 0. The number of aliphatic hydroxyl groups is 2. The molecule has 12 heavy (non-hydrogen) atoms. The Balaban J connectivity index is 2.85. The van der Waals surface area contributed by atoms with Crippen molar-refractivity contribution in [3.8, 4) is 0 Å². The Morgan fingerprint density at radius 2 is 2.50 bits per heavy atom. The lowest BCUT2D eigenvalue weighted by molar-refractivity contribution is -0.0981. The summed E-state index contributed by atoms with van der Waals surface area (Å²) in [6, 6.07) is 0. The van der Waals surface area contributed by atoms with Crippen molar-refractivity contribution in [2.75, 3.05) is 6.61 Å². The van der Waals surface area contributed by atoms with Crippen LogP contribution in [0.1, 0.15) is 6.42 Å². The first kappa shape index (κ1) is 9.28. The van der Waals surface area contributed by atoms with Crippen molar-refractivity contribution in [1.29, 1.82) is 0 Å². The number of aliphatic hydroxyl groups excluding tert-OH is 2. The second-order valence-electron chi connectivity index (χ2n) is 2.60. The van der Waals surface area contributed by atoms with E-state index in [1.165, 1.54) is 0 Å². The lowest BCUT2D eigenvalue weighted by atomic mass is 10.1. The van der Waals surface area contributed by atoms with Gasteiger partial charge < -0.3 is 14.9 Å². The summed E-state index contributed by atoms with van der Waals surface area (Å²) in [5.74, 6) is 0. The molecule has 3 atom stereocenters. The molecule has 1 aliphatic rings. The van der Waals surface area contributed by atoms with E-state index >= 15 is 0 Å². The minimum Gasteiger partial charge on any atom is -0.393 e. The van der Waals surface area contributed by atoms with E-state index in [1.54, 1.807) is 0 Å². The van der Waals surface area contributed by atoms with Gasteiger partial charge in [0.2, 0.25) is 0 Å². The Morgan fingerprint density at radius 1 is 1.83 bits per heavy atom. The molecule has 66 valence electrons. The van der Waals surface area contributed by atoms with E-state index in [1.807, 2.05) is 0 Å². The number of ether oxygens (including phenoxy) is 1. The molecule has 0 saturated carbocycles. The van der Waals surface area contributed by atoms with Crippen molar-refractivity contribution in [3.05, 3.63) is 17.4 Å². The van der Waals surface area contributed by atoms with Gasteiger partial charge in [0.15, 0.2) is 5.72 Å². The monoisotopic (exact) mass is 171 g/mol. The van der Waals surface area contributed by atoms with Gasteiger partial charge in [-0.25, -0.2) is 0 Å². The highest BCUT2D eigenvalue weighted by atomic mass is 16.6. The van der Waals surface area contributed by atoms with Crippen LogP contribution in [0.15, 0.2) is 5.11 Å². The minimum atomic E-state index is -1.59. The van der Waals surface area contributed by atoms with Gasteiger partial charge in [0.25, 0.3) is 0 Å².